The van der Waals surface area contributed by atoms with Gasteiger partial charge in [-0.05, 0) is 51.6 Å². The fourth-order valence-corrected chi connectivity index (χ4v) is 4.20. The molecule has 2 aromatic rings. The molecule has 1 fully saturated rings. The number of piperidine rings is 1. The van der Waals surface area contributed by atoms with Gasteiger partial charge in [0.1, 0.15) is 0 Å². The van der Waals surface area contributed by atoms with Crippen molar-refractivity contribution in [3.63, 3.8) is 0 Å². The van der Waals surface area contributed by atoms with Gasteiger partial charge in [0.05, 0.1) is 5.01 Å². The van der Waals surface area contributed by atoms with Crippen LogP contribution in [0.3, 0.4) is 0 Å². The standard InChI is InChI=1S/C19H25N3OS/c1-14-13-24-18(20-14)17-8-5-9-22(12-17)19(23)16-7-4-6-15(10-16)11-21(2)3/h4,6-7,10,13,17H,5,8-9,11-12H2,1-3H3/t17-/m1/s1. The highest BCUT2D eigenvalue weighted by Gasteiger charge is 2.27. The van der Waals surface area contributed by atoms with Gasteiger partial charge in [-0.15, -0.1) is 11.3 Å². The van der Waals surface area contributed by atoms with Crippen LogP contribution in [0.2, 0.25) is 0 Å². The van der Waals surface area contributed by atoms with Crippen LogP contribution < -0.4 is 0 Å². The van der Waals surface area contributed by atoms with Crippen LogP contribution in [0, 0.1) is 6.92 Å². The van der Waals surface area contributed by atoms with Crippen LogP contribution in [0.1, 0.15) is 45.4 Å². The normalized spacial score (nSPS) is 18.2. The van der Waals surface area contributed by atoms with Crippen LogP contribution in [0.15, 0.2) is 29.6 Å². The third kappa shape index (κ3) is 4.02. The zero-order valence-corrected chi connectivity index (χ0v) is 15.5. The number of hydrogen-bond donors (Lipinski definition) is 0. The van der Waals surface area contributed by atoms with Crippen molar-refractivity contribution >= 4 is 17.2 Å². The van der Waals surface area contributed by atoms with E-state index in [4.69, 9.17) is 0 Å². The second kappa shape index (κ2) is 7.45. The van der Waals surface area contributed by atoms with E-state index in [2.05, 4.69) is 21.3 Å². The van der Waals surface area contributed by atoms with Crippen molar-refractivity contribution < 1.29 is 4.79 Å². The van der Waals surface area contributed by atoms with Crippen LogP contribution >= 0.6 is 11.3 Å². The van der Waals surface area contributed by atoms with Gasteiger partial charge in [0.2, 0.25) is 0 Å². The number of rotatable bonds is 4. The number of likely N-dealkylation sites (tertiary alicyclic amines) is 1. The molecular weight excluding hydrogens is 318 g/mol. The van der Waals surface area contributed by atoms with Gasteiger partial charge >= 0.3 is 0 Å². The summed E-state index contributed by atoms with van der Waals surface area (Å²) in [7, 11) is 4.08. The maximum atomic E-state index is 12.9. The summed E-state index contributed by atoms with van der Waals surface area (Å²) in [5.74, 6) is 0.528. The average Bonchev–Trinajstić information content (AvgIpc) is 3.00. The lowest BCUT2D eigenvalue weighted by atomic mass is 9.97. The fraction of sp³-hybridized carbons (Fsp3) is 0.474. The van der Waals surface area contributed by atoms with Gasteiger partial charge in [0, 0.05) is 42.2 Å². The zero-order chi connectivity index (χ0) is 17.1. The molecule has 24 heavy (non-hydrogen) atoms. The van der Waals surface area contributed by atoms with Gasteiger partial charge in [-0.1, -0.05) is 12.1 Å². The predicted molar refractivity (Wildman–Crippen MR) is 98.6 cm³/mol. The Morgan fingerprint density at radius 1 is 1.42 bits per heavy atom. The summed E-state index contributed by atoms with van der Waals surface area (Å²) >= 11 is 1.72. The summed E-state index contributed by atoms with van der Waals surface area (Å²) < 4.78 is 0. The van der Waals surface area contributed by atoms with Gasteiger partial charge in [0.25, 0.3) is 5.91 Å². The Labute approximate surface area is 148 Å². The maximum Gasteiger partial charge on any atom is 0.253 e. The van der Waals surface area contributed by atoms with Crippen molar-refractivity contribution in [1.82, 2.24) is 14.8 Å². The van der Waals surface area contributed by atoms with Crippen molar-refractivity contribution in [1.29, 1.82) is 0 Å². The first-order chi connectivity index (χ1) is 11.5. The van der Waals surface area contributed by atoms with Crippen molar-refractivity contribution in [3.8, 4) is 0 Å². The maximum absolute atomic E-state index is 12.9. The highest BCUT2D eigenvalue weighted by atomic mass is 32.1. The molecule has 1 aromatic carbocycles. The number of benzene rings is 1. The summed E-state index contributed by atoms with van der Waals surface area (Å²) in [6, 6.07) is 8.02. The number of carbonyl (C=O) groups excluding carboxylic acids is 1. The minimum atomic E-state index is 0.147. The smallest absolute Gasteiger partial charge is 0.253 e. The molecule has 0 saturated carbocycles. The van der Waals surface area contributed by atoms with E-state index in [-0.39, 0.29) is 5.91 Å². The third-order valence-corrected chi connectivity index (χ3v) is 5.49. The molecule has 0 N–H and O–H groups in total. The molecule has 2 heterocycles. The van der Waals surface area contributed by atoms with Crippen molar-refractivity contribution in [2.75, 3.05) is 27.2 Å². The Bertz CT molecular complexity index is 710. The fourth-order valence-electron chi connectivity index (χ4n) is 3.27. The zero-order valence-electron chi connectivity index (χ0n) is 14.7. The first-order valence-corrected chi connectivity index (χ1v) is 9.36. The molecule has 0 unspecified atom stereocenters. The molecule has 0 bridgehead atoms. The lowest BCUT2D eigenvalue weighted by Crippen LogP contribution is -2.39. The Hall–Kier alpha value is -1.72. The number of thiazole rings is 1. The van der Waals surface area contributed by atoms with E-state index in [1.807, 2.05) is 44.1 Å². The predicted octanol–water partition coefficient (Wildman–Crippen LogP) is 3.53. The summed E-state index contributed by atoms with van der Waals surface area (Å²) in [5, 5.41) is 3.27. The molecule has 1 atom stereocenters. The Morgan fingerprint density at radius 2 is 2.25 bits per heavy atom. The van der Waals surface area contributed by atoms with Gasteiger partial charge in [-0.3, -0.25) is 4.79 Å². The summed E-state index contributed by atoms with van der Waals surface area (Å²) in [5.41, 5.74) is 3.05. The van der Waals surface area contributed by atoms with E-state index < -0.39 is 0 Å². The summed E-state index contributed by atoms with van der Waals surface area (Å²) in [4.78, 5) is 21.7. The molecule has 1 aliphatic heterocycles. The third-order valence-electron chi connectivity index (χ3n) is 4.37. The van der Waals surface area contributed by atoms with Crippen LogP contribution in [0.25, 0.3) is 0 Å². The quantitative estimate of drug-likeness (QED) is 0.852. The Kier molecular flexibility index (Phi) is 5.31. The minimum Gasteiger partial charge on any atom is -0.338 e. The molecule has 1 saturated heterocycles. The van der Waals surface area contributed by atoms with Gasteiger partial charge in [-0.2, -0.15) is 0 Å². The topological polar surface area (TPSA) is 36.4 Å². The largest absolute Gasteiger partial charge is 0.338 e. The highest BCUT2D eigenvalue weighted by molar-refractivity contribution is 7.09. The molecule has 4 nitrogen and oxygen atoms in total. The van der Waals surface area contributed by atoms with E-state index >= 15 is 0 Å². The molecule has 3 rings (SSSR count). The second-order valence-electron chi connectivity index (χ2n) is 6.86. The van der Waals surface area contributed by atoms with Crippen molar-refractivity contribution in [3.05, 3.63) is 51.5 Å². The molecular formula is C19H25N3OS. The number of aromatic nitrogens is 1. The number of amides is 1. The second-order valence-corrected chi connectivity index (χ2v) is 7.75. The summed E-state index contributed by atoms with van der Waals surface area (Å²) in [6.07, 6.45) is 2.17. The van der Waals surface area contributed by atoms with Gasteiger partial charge in [-0.25, -0.2) is 4.98 Å². The van der Waals surface area contributed by atoms with Crippen LogP contribution in [0.4, 0.5) is 0 Å². The number of hydrogen-bond acceptors (Lipinski definition) is 4. The number of nitrogens with zero attached hydrogens (tertiary/aromatic N) is 3. The Balaban J connectivity index is 1.72. The van der Waals surface area contributed by atoms with Gasteiger partial charge in [0.15, 0.2) is 0 Å². The number of aryl methyl sites for hydroxylation is 1. The first-order valence-electron chi connectivity index (χ1n) is 8.48. The van der Waals surface area contributed by atoms with Crippen molar-refractivity contribution in [2.45, 2.75) is 32.2 Å². The average molecular weight is 343 g/mol. The highest BCUT2D eigenvalue weighted by Crippen LogP contribution is 2.29. The molecule has 0 spiro atoms. The monoisotopic (exact) mass is 343 g/mol. The van der Waals surface area contributed by atoms with Crippen LogP contribution in [-0.2, 0) is 6.54 Å². The van der Waals surface area contributed by atoms with Crippen LogP contribution in [-0.4, -0.2) is 47.9 Å². The lowest BCUT2D eigenvalue weighted by Gasteiger charge is -2.32. The molecule has 1 aliphatic rings. The molecule has 1 amide bonds. The molecule has 0 radical (unpaired) electrons. The van der Waals surface area contributed by atoms with Gasteiger partial charge < -0.3 is 9.80 Å². The first kappa shape index (κ1) is 17.1. The van der Waals surface area contributed by atoms with E-state index in [9.17, 15) is 4.79 Å². The molecule has 128 valence electrons. The minimum absolute atomic E-state index is 0.147. The lowest BCUT2D eigenvalue weighted by molar-refractivity contribution is 0.0707. The van der Waals surface area contributed by atoms with E-state index in [1.165, 1.54) is 10.6 Å². The van der Waals surface area contributed by atoms with Crippen LogP contribution in [0.5, 0.6) is 0 Å². The van der Waals surface area contributed by atoms with Crippen molar-refractivity contribution in [2.24, 2.45) is 0 Å². The molecule has 1 aromatic heterocycles. The van der Waals surface area contributed by atoms with E-state index in [1.54, 1.807) is 11.3 Å². The number of carbonyl (C=O) groups is 1. The summed E-state index contributed by atoms with van der Waals surface area (Å²) in [6.45, 7) is 4.51. The molecule has 5 heteroatoms. The Morgan fingerprint density at radius 3 is 2.96 bits per heavy atom. The SMILES string of the molecule is Cc1csc([C@@H]2CCCN(C(=O)c3cccc(CN(C)C)c3)C2)n1. The van der Waals surface area contributed by atoms with E-state index in [0.29, 0.717) is 5.92 Å². The van der Waals surface area contributed by atoms with E-state index in [0.717, 1.165) is 43.7 Å². The molecule has 0 aliphatic carbocycles.